The molecule has 2 heterocycles. The Morgan fingerprint density at radius 2 is 0.947 bits per heavy atom. The predicted molar refractivity (Wildman–Crippen MR) is 159 cm³/mol. The van der Waals surface area contributed by atoms with E-state index in [9.17, 15) is 0 Å². The lowest BCUT2D eigenvalue weighted by atomic mass is 10.0. The lowest BCUT2D eigenvalue weighted by Crippen LogP contribution is -2.31. The number of benzene rings is 2. The zero-order valence-electron chi connectivity index (χ0n) is 23.1. The van der Waals surface area contributed by atoms with Crippen LogP contribution in [-0.4, -0.2) is 21.6 Å². The van der Waals surface area contributed by atoms with Gasteiger partial charge in [0, 0.05) is 23.8 Å². The minimum atomic E-state index is 0.420. The highest BCUT2D eigenvalue weighted by molar-refractivity contribution is 6.48. The number of aromatic nitrogens is 2. The molecule has 0 radical (unpaired) electrons. The van der Waals surface area contributed by atoms with Gasteiger partial charge in [0.25, 0.3) is 0 Å². The van der Waals surface area contributed by atoms with E-state index in [1.54, 1.807) is 12.4 Å². The third-order valence-corrected chi connectivity index (χ3v) is 6.32. The predicted octanol–water partition coefficient (Wildman–Crippen LogP) is 7.05. The third-order valence-electron chi connectivity index (χ3n) is 6.32. The largest absolute Gasteiger partial charge is 0.337 e. The second kappa shape index (κ2) is 12.3. The molecule has 2 aromatic carbocycles. The maximum atomic E-state index is 5.01. The van der Waals surface area contributed by atoms with E-state index in [0.717, 1.165) is 45.0 Å². The van der Waals surface area contributed by atoms with Gasteiger partial charge < -0.3 is 10.6 Å². The van der Waals surface area contributed by atoms with Crippen LogP contribution in [0.4, 0.5) is 11.4 Å². The van der Waals surface area contributed by atoms with E-state index in [2.05, 4.69) is 86.4 Å². The van der Waals surface area contributed by atoms with Crippen LogP contribution < -0.4 is 10.6 Å². The smallest absolute Gasteiger partial charge is 0.169 e. The van der Waals surface area contributed by atoms with Crippen LogP contribution in [0.25, 0.3) is 0 Å². The molecule has 4 aromatic rings. The molecule has 0 aliphatic carbocycles. The van der Waals surface area contributed by atoms with Crippen LogP contribution in [0.2, 0.25) is 0 Å². The lowest BCUT2D eigenvalue weighted by molar-refractivity contribution is 0.981. The van der Waals surface area contributed by atoms with E-state index in [0.29, 0.717) is 24.8 Å². The van der Waals surface area contributed by atoms with Crippen molar-refractivity contribution in [3.05, 3.63) is 118 Å². The minimum Gasteiger partial charge on any atom is -0.337 e. The van der Waals surface area contributed by atoms with Gasteiger partial charge in [-0.15, -0.1) is 0 Å². The van der Waals surface area contributed by atoms with Crippen molar-refractivity contribution in [2.24, 2.45) is 9.98 Å². The summed E-state index contributed by atoms with van der Waals surface area (Å²) in [4.78, 5) is 19.0. The Balaban J connectivity index is 1.81. The molecule has 0 aliphatic heterocycles. The molecule has 0 aliphatic rings. The minimum absolute atomic E-state index is 0.420. The van der Waals surface area contributed by atoms with Crippen LogP contribution in [0.1, 0.15) is 44.8 Å². The Kier molecular flexibility index (Phi) is 8.64. The first-order valence-electron chi connectivity index (χ1n) is 12.9. The standard InChI is InChI=1S/C32H36N6/c1-21-15-23(3)29(24(4)16-21)37-31(35-19-27-11-7-9-13-33-27)32(36-20-28-12-8-10-14-34-28)38-30-25(5)17-22(2)18-26(30)6/h7-18H,19-20H2,1-6H3,(H,35,37)(H,36,38). The van der Waals surface area contributed by atoms with Gasteiger partial charge in [-0.2, -0.15) is 0 Å². The monoisotopic (exact) mass is 504 g/mol. The number of nitrogens with zero attached hydrogens (tertiary/aromatic N) is 4. The van der Waals surface area contributed by atoms with Crippen molar-refractivity contribution in [2.45, 2.75) is 54.6 Å². The summed E-state index contributed by atoms with van der Waals surface area (Å²) in [5.41, 5.74) is 10.9. The lowest BCUT2D eigenvalue weighted by Gasteiger charge is -2.20. The van der Waals surface area contributed by atoms with E-state index in [1.807, 2.05) is 36.4 Å². The van der Waals surface area contributed by atoms with Crippen LogP contribution in [0.5, 0.6) is 0 Å². The Hall–Kier alpha value is -4.32. The zero-order chi connectivity index (χ0) is 27.1. The number of amidine groups is 2. The Morgan fingerprint density at radius 3 is 1.26 bits per heavy atom. The highest BCUT2D eigenvalue weighted by atomic mass is 15.1. The summed E-state index contributed by atoms with van der Waals surface area (Å²) in [5, 5.41) is 7.26. The topological polar surface area (TPSA) is 74.6 Å². The quantitative estimate of drug-likeness (QED) is 0.218. The maximum Gasteiger partial charge on any atom is 0.169 e. The van der Waals surface area contributed by atoms with E-state index < -0.39 is 0 Å². The first kappa shape index (κ1) is 26.7. The molecule has 0 spiro atoms. The van der Waals surface area contributed by atoms with Crippen molar-refractivity contribution in [3.8, 4) is 0 Å². The maximum absolute atomic E-state index is 5.01. The van der Waals surface area contributed by atoms with Crippen molar-refractivity contribution in [3.63, 3.8) is 0 Å². The first-order valence-corrected chi connectivity index (χ1v) is 12.9. The number of anilines is 2. The second-order valence-electron chi connectivity index (χ2n) is 9.77. The number of rotatable bonds is 6. The summed E-state index contributed by atoms with van der Waals surface area (Å²) in [6, 6.07) is 20.5. The van der Waals surface area contributed by atoms with E-state index in [1.165, 1.54) is 11.1 Å². The van der Waals surface area contributed by atoms with Crippen molar-refractivity contribution in [1.29, 1.82) is 0 Å². The highest BCUT2D eigenvalue weighted by Gasteiger charge is 2.16. The van der Waals surface area contributed by atoms with Gasteiger partial charge in [-0.1, -0.05) is 47.5 Å². The van der Waals surface area contributed by atoms with E-state index >= 15 is 0 Å². The van der Waals surface area contributed by atoms with Crippen molar-refractivity contribution in [1.82, 2.24) is 9.97 Å². The van der Waals surface area contributed by atoms with Crippen LogP contribution in [0, 0.1) is 41.5 Å². The summed E-state index contributed by atoms with van der Waals surface area (Å²) in [6.45, 7) is 13.5. The fourth-order valence-corrected chi connectivity index (χ4v) is 4.64. The molecule has 0 amide bonds. The van der Waals surface area contributed by atoms with E-state index in [-0.39, 0.29) is 0 Å². The fourth-order valence-electron chi connectivity index (χ4n) is 4.64. The molecule has 194 valence electrons. The van der Waals surface area contributed by atoms with Crippen LogP contribution in [0.15, 0.2) is 83.0 Å². The van der Waals surface area contributed by atoms with Gasteiger partial charge in [0.1, 0.15) is 0 Å². The molecule has 0 fully saturated rings. The van der Waals surface area contributed by atoms with E-state index in [4.69, 9.17) is 9.98 Å². The van der Waals surface area contributed by atoms with Crippen molar-refractivity contribution < 1.29 is 0 Å². The molecule has 38 heavy (non-hydrogen) atoms. The Bertz CT molecular complexity index is 1300. The summed E-state index contributed by atoms with van der Waals surface area (Å²) in [7, 11) is 0. The summed E-state index contributed by atoms with van der Waals surface area (Å²) in [6.07, 6.45) is 3.58. The average molecular weight is 505 g/mol. The van der Waals surface area contributed by atoms with Gasteiger partial charge in [-0.3, -0.25) is 20.0 Å². The van der Waals surface area contributed by atoms with Gasteiger partial charge in [-0.25, -0.2) is 0 Å². The fraction of sp³-hybridized carbons (Fsp3) is 0.250. The van der Waals surface area contributed by atoms with Crippen LogP contribution >= 0.6 is 0 Å². The first-order chi connectivity index (χ1) is 18.3. The number of nitrogens with one attached hydrogen (secondary N) is 2. The van der Waals surface area contributed by atoms with Crippen LogP contribution in [0.3, 0.4) is 0 Å². The molecule has 6 nitrogen and oxygen atoms in total. The molecular formula is C32H36N6. The SMILES string of the molecule is Cc1cc(C)c(NC(=NCc2ccccn2)C(=NCc2ccccn2)Nc2c(C)cc(C)cc2C)c(C)c1. The number of hydrogen-bond donors (Lipinski definition) is 2. The van der Waals surface area contributed by atoms with Gasteiger partial charge in [-0.05, 0) is 88.1 Å². The molecule has 2 aromatic heterocycles. The second-order valence-corrected chi connectivity index (χ2v) is 9.77. The normalized spacial score (nSPS) is 11.9. The molecular weight excluding hydrogens is 468 g/mol. The molecule has 6 heteroatoms. The molecule has 4 rings (SSSR count). The zero-order valence-corrected chi connectivity index (χ0v) is 23.1. The molecule has 0 saturated heterocycles. The molecule has 0 atom stereocenters. The van der Waals surface area contributed by atoms with Gasteiger partial charge >= 0.3 is 0 Å². The van der Waals surface area contributed by atoms with Crippen LogP contribution in [-0.2, 0) is 13.1 Å². The van der Waals surface area contributed by atoms with Crippen molar-refractivity contribution >= 4 is 23.0 Å². The third kappa shape index (κ3) is 6.91. The highest BCUT2D eigenvalue weighted by Crippen LogP contribution is 2.25. The molecule has 0 saturated carbocycles. The number of aryl methyl sites for hydroxylation is 6. The van der Waals surface area contributed by atoms with Gasteiger partial charge in [0.2, 0.25) is 0 Å². The molecule has 0 unspecified atom stereocenters. The van der Waals surface area contributed by atoms with Crippen molar-refractivity contribution in [2.75, 3.05) is 10.6 Å². The number of aliphatic imine (C=N–C) groups is 2. The molecule has 0 bridgehead atoms. The summed E-state index contributed by atoms with van der Waals surface area (Å²) >= 11 is 0. The molecule has 2 N–H and O–H groups in total. The van der Waals surface area contributed by atoms with Gasteiger partial charge in [0.15, 0.2) is 11.7 Å². The Labute approximate surface area is 226 Å². The average Bonchev–Trinajstić information content (AvgIpc) is 2.88. The summed E-state index contributed by atoms with van der Waals surface area (Å²) < 4.78 is 0. The summed E-state index contributed by atoms with van der Waals surface area (Å²) in [5.74, 6) is 1.31. The Morgan fingerprint density at radius 1 is 0.579 bits per heavy atom. The number of pyridine rings is 2. The number of hydrogen-bond acceptors (Lipinski definition) is 4. The van der Waals surface area contributed by atoms with Gasteiger partial charge in [0.05, 0.1) is 24.5 Å².